The molecular formula is C5H12O3Y-2. The maximum atomic E-state index is 9.71. The van der Waals surface area contributed by atoms with E-state index in [2.05, 4.69) is 11.7 Å². The van der Waals surface area contributed by atoms with Crippen molar-refractivity contribution >= 4 is 5.97 Å². The molecule has 0 aromatic carbocycles. The van der Waals surface area contributed by atoms with Gasteiger partial charge in [-0.3, -0.25) is 11.7 Å². The molecule has 0 fully saturated rings. The molecule has 0 saturated carbocycles. The Morgan fingerprint density at radius 1 is 1.67 bits per heavy atom. The minimum absolute atomic E-state index is 0. The third kappa shape index (κ3) is 29.7. The van der Waals surface area contributed by atoms with Gasteiger partial charge in [0.05, 0.1) is 6.61 Å². The third-order valence-corrected chi connectivity index (χ3v) is 0.305. The Kier molecular flexibility index (Phi) is 39.9. The van der Waals surface area contributed by atoms with Crippen LogP contribution in [0.3, 0.4) is 0 Å². The Morgan fingerprint density at radius 3 is 2.00 bits per heavy atom. The minimum Gasteiger partial charge on any atom is -0.489 e. The summed E-state index contributed by atoms with van der Waals surface area (Å²) in [4.78, 5) is 9.71. The van der Waals surface area contributed by atoms with E-state index in [0.29, 0.717) is 6.61 Å². The molecule has 0 heterocycles. The Labute approximate surface area is 81.3 Å². The maximum absolute atomic E-state index is 9.71. The first-order valence-electron chi connectivity index (χ1n) is 1.76. The first kappa shape index (κ1) is 22.7. The number of ether oxygens (including phenoxy) is 1. The largest absolute Gasteiger partial charge is 0.489 e. The number of esters is 1. The molecule has 1 radical (unpaired) electrons. The van der Waals surface area contributed by atoms with E-state index in [4.69, 9.17) is 0 Å². The summed E-state index contributed by atoms with van der Waals surface area (Å²) < 4.78 is 4.29. The molecule has 0 amide bonds. The molecule has 0 bridgehead atoms. The molecule has 0 aliphatic rings. The smallest absolute Gasteiger partial charge is 0.164 e. The van der Waals surface area contributed by atoms with Crippen LogP contribution < -0.4 is 0 Å². The second-order valence-corrected chi connectivity index (χ2v) is 0.805. The van der Waals surface area contributed by atoms with Crippen LogP contribution in [-0.2, 0) is 42.2 Å². The second kappa shape index (κ2) is 15.8. The summed E-state index contributed by atoms with van der Waals surface area (Å²) >= 11 is 0. The second-order valence-electron chi connectivity index (χ2n) is 0.805. The van der Waals surface area contributed by atoms with Crippen molar-refractivity contribution in [3.05, 3.63) is 14.4 Å². The number of hydrogen-bond donors (Lipinski definition) is 0. The van der Waals surface area contributed by atoms with Gasteiger partial charge in [-0.2, -0.15) is 0 Å². The molecular weight excluding hydrogens is 197 g/mol. The number of carbonyl (C=O) groups excluding carboxylic acids is 1. The first-order valence-corrected chi connectivity index (χ1v) is 1.76. The molecule has 0 rings (SSSR count). The van der Waals surface area contributed by atoms with Crippen molar-refractivity contribution in [1.82, 2.24) is 0 Å². The van der Waals surface area contributed by atoms with Gasteiger partial charge in [-0.1, -0.05) is 0 Å². The summed E-state index contributed by atoms with van der Waals surface area (Å²) in [5, 5.41) is 0. The van der Waals surface area contributed by atoms with Gasteiger partial charge in [-0.25, -0.2) is 0 Å². The van der Waals surface area contributed by atoms with E-state index in [1.54, 1.807) is 6.92 Å². The topological polar surface area (TPSA) is 57.8 Å². The van der Waals surface area contributed by atoms with E-state index in [0.717, 1.165) is 0 Å². The number of carbonyl (C=O) groups is 1. The SMILES string of the molecule is O.[CH2-]C(=O)OCC.[CH3-].[Y]. The molecule has 0 spiro atoms. The van der Waals surface area contributed by atoms with Crippen molar-refractivity contribution in [3.8, 4) is 0 Å². The monoisotopic (exact) mass is 209 g/mol. The summed E-state index contributed by atoms with van der Waals surface area (Å²) in [5.74, 6) is -0.461. The van der Waals surface area contributed by atoms with E-state index < -0.39 is 5.97 Å². The van der Waals surface area contributed by atoms with E-state index in [-0.39, 0.29) is 45.6 Å². The zero-order valence-electron chi connectivity index (χ0n) is 5.81. The molecule has 0 aliphatic carbocycles. The zero-order valence-corrected chi connectivity index (χ0v) is 8.65. The average molecular weight is 209 g/mol. The number of hydrogen-bond acceptors (Lipinski definition) is 2. The fourth-order valence-electron chi connectivity index (χ4n) is 0.161. The molecule has 0 aromatic heterocycles. The third-order valence-electron chi connectivity index (χ3n) is 0.305. The van der Waals surface area contributed by atoms with Gasteiger partial charge in [0.1, 0.15) is 0 Å². The standard InChI is InChI=1S/C4H7O2.CH3.H2O.Y/c1-3-6-4(2)5;;;/h2-3H2,1H3;1H3;1H2;/q2*-1;;. The minimum atomic E-state index is -0.461. The zero-order chi connectivity index (χ0) is 4.99. The quantitative estimate of drug-likeness (QED) is 0.451. The molecule has 9 heavy (non-hydrogen) atoms. The van der Waals surface area contributed by atoms with Crippen molar-refractivity contribution in [2.45, 2.75) is 6.92 Å². The van der Waals surface area contributed by atoms with Crippen LogP contribution in [0, 0.1) is 14.4 Å². The Balaban J connectivity index is -0.0000000417. The summed E-state index contributed by atoms with van der Waals surface area (Å²) in [6.07, 6.45) is 0. The van der Waals surface area contributed by atoms with Gasteiger partial charge in [-0.05, 0) is 6.92 Å². The maximum Gasteiger partial charge on any atom is 0.164 e. The van der Waals surface area contributed by atoms with Crippen LogP contribution in [-0.4, -0.2) is 18.1 Å². The van der Waals surface area contributed by atoms with Gasteiger partial charge in [0.25, 0.3) is 0 Å². The molecule has 0 saturated heterocycles. The van der Waals surface area contributed by atoms with Gasteiger partial charge in [0.15, 0.2) is 5.97 Å². The van der Waals surface area contributed by atoms with E-state index in [9.17, 15) is 4.79 Å². The predicted octanol–water partition coefficient (Wildman–Crippen LogP) is 0.00668. The van der Waals surface area contributed by atoms with Crippen LogP contribution in [0.25, 0.3) is 0 Å². The van der Waals surface area contributed by atoms with Crippen LogP contribution >= 0.6 is 0 Å². The molecule has 0 unspecified atom stereocenters. The van der Waals surface area contributed by atoms with Crippen LogP contribution in [0.15, 0.2) is 0 Å². The average Bonchev–Trinajstić information content (AvgIpc) is 1.35. The van der Waals surface area contributed by atoms with E-state index >= 15 is 0 Å². The van der Waals surface area contributed by atoms with Gasteiger partial charge >= 0.3 is 0 Å². The Bertz CT molecular complexity index is 56.2. The van der Waals surface area contributed by atoms with Crippen LogP contribution in [0.1, 0.15) is 6.92 Å². The van der Waals surface area contributed by atoms with Crippen LogP contribution in [0.5, 0.6) is 0 Å². The van der Waals surface area contributed by atoms with Crippen molar-refractivity contribution in [2.24, 2.45) is 0 Å². The molecule has 0 aromatic rings. The fraction of sp³-hybridized carbons (Fsp3) is 0.400. The van der Waals surface area contributed by atoms with Crippen LogP contribution in [0.2, 0.25) is 0 Å². The first-order chi connectivity index (χ1) is 2.77. The normalized spacial score (nSPS) is 5.00. The summed E-state index contributed by atoms with van der Waals surface area (Å²) in [7, 11) is 0. The fourth-order valence-corrected chi connectivity index (χ4v) is 0.161. The predicted molar refractivity (Wildman–Crippen MR) is 32.0 cm³/mol. The molecule has 3 nitrogen and oxygen atoms in total. The molecule has 0 aliphatic heterocycles. The molecule has 55 valence electrons. The number of rotatable bonds is 1. The van der Waals surface area contributed by atoms with Crippen LogP contribution in [0.4, 0.5) is 0 Å². The van der Waals surface area contributed by atoms with Crippen molar-refractivity contribution in [3.63, 3.8) is 0 Å². The molecule has 0 atom stereocenters. The van der Waals surface area contributed by atoms with Gasteiger partial charge < -0.3 is 17.6 Å². The van der Waals surface area contributed by atoms with E-state index in [1.165, 1.54) is 0 Å². The van der Waals surface area contributed by atoms with Gasteiger partial charge in [0.2, 0.25) is 0 Å². The Morgan fingerprint density at radius 2 is 2.00 bits per heavy atom. The van der Waals surface area contributed by atoms with Gasteiger partial charge in [0, 0.05) is 32.7 Å². The molecule has 4 heteroatoms. The van der Waals surface area contributed by atoms with Crippen molar-refractivity contribution < 1.29 is 47.7 Å². The molecule has 2 N–H and O–H groups in total. The summed E-state index contributed by atoms with van der Waals surface area (Å²) in [6.45, 7) is 5.13. The summed E-state index contributed by atoms with van der Waals surface area (Å²) in [6, 6.07) is 0. The van der Waals surface area contributed by atoms with E-state index in [1.807, 2.05) is 0 Å². The summed E-state index contributed by atoms with van der Waals surface area (Å²) in [5.41, 5.74) is 0. The van der Waals surface area contributed by atoms with Gasteiger partial charge in [-0.15, -0.1) is 0 Å². The van der Waals surface area contributed by atoms with Crippen molar-refractivity contribution in [1.29, 1.82) is 0 Å². The van der Waals surface area contributed by atoms with Crippen molar-refractivity contribution in [2.75, 3.05) is 6.61 Å². The Hall–Kier alpha value is 0.404.